The lowest BCUT2D eigenvalue weighted by atomic mass is 10.1. The summed E-state index contributed by atoms with van der Waals surface area (Å²) in [5.74, 6) is 7.03. The molecule has 0 spiro atoms. The summed E-state index contributed by atoms with van der Waals surface area (Å²) in [6, 6.07) is 5.93. The molecule has 1 atom stereocenters. The average molecular weight is 348 g/mol. The van der Waals surface area contributed by atoms with Crippen molar-refractivity contribution in [2.75, 3.05) is 13.6 Å². The highest BCUT2D eigenvalue weighted by atomic mass is 16.1. The molecule has 26 heavy (non-hydrogen) atoms. The molecule has 1 aromatic carbocycles. The van der Waals surface area contributed by atoms with Gasteiger partial charge >= 0.3 is 0 Å². The predicted octanol–water partition coefficient (Wildman–Crippen LogP) is 2.62. The highest BCUT2D eigenvalue weighted by Gasteiger charge is 2.22. The van der Waals surface area contributed by atoms with Gasteiger partial charge in [0.25, 0.3) is 5.56 Å². The maximum absolute atomic E-state index is 12.8. The van der Waals surface area contributed by atoms with Gasteiger partial charge in [-0.25, -0.2) is 4.98 Å². The van der Waals surface area contributed by atoms with Gasteiger partial charge in [0.1, 0.15) is 11.5 Å². The summed E-state index contributed by atoms with van der Waals surface area (Å²) in [6.07, 6.45) is 3.82. The van der Waals surface area contributed by atoms with Crippen LogP contribution in [0, 0.1) is 11.8 Å². The molecule has 134 valence electrons. The number of likely N-dealkylation sites (N-methyl/N-ethyl adjacent to an activating group) is 1. The molecule has 2 aromatic rings. The van der Waals surface area contributed by atoms with Gasteiger partial charge in [-0.3, -0.25) is 19.3 Å². The zero-order valence-electron chi connectivity index (χ0n) is 15.8. The molecule has 2 heterocycles. The van der Waals surface area contributed by atoms with Crippen LogP contribution in [0.4, 0.5) is 0 Å². The van der Waals surface area contributed by atoms with Crippen molar-refractivity contribution < 1.29 is 0 Å². The van der Waals surface area contributed by atoms with Crippen molar-refractivity contribution in [2.45, 2.75) is 39.9 Å². The number of fused-ring (bicyclic) bond motifs is 2. The van der Waals surface area contributed by atoms with Crippen molar-refractivity contribution >= 4 is 16.6 Å². The van der Waals surface area contributed by atoms with Gasteiger partial charge in [-0.05, 0) is 58.0 Å². The first-order valence-electron chi connectivity index (χ1n) is 8.96. The Balaban J connectivity index is 2.04. The third-order valence-electron chi connectivity index (χ3n) is 4.61. The Morgan fingerprint density at radius 2 is 2.27 bits per heavy atom. The first-order valence-corrected chi connectivity index (χ1v) is 8.96. The SMILES string of the molecule is C/C=C\C(C#Cc1ccc2c(=O)n3c(nc2c1)CN(C)C(C)C3)=NCC. The van der Waals surface area contributed by atoms with E-state index in [9.17, 15) is 4.79 Å². The van der Waals surface area contributed by atoms with E-state index in [1.54, 1.807) is 4.57 Å². The minimum absolute atomic E-state index is 0.0339. The van der Waals surface area contributed by atoms with E-state index < -0.39 is 0 Å². The second-order valence-corrected chi connectivity index (χ2v) is 6.55. The summed E-state index contributed by atoms with van der Waals surface area (Å²) in [4.78, 5) is 24.1. The van der Waals surface area contributed by atoms with E-state index in [1.807, 2.05) is 44.2 Å². The minimum Gasteiger partial charge on any atom is -0.295 e. The number of aliphatic imine (C=N–C) groups is 1. The molecule has 0 N–H and O–H groups in total. The molecule has 0 amide bonds. The first kappa shape index (κ1) is 18.1. The molecule has 3 rings (SSSR count). The van der Waals surface area contributed by atoms with E-state index >= 15 is 0 Å². The van der Waals surface area contributed by atoms with E-state index in [1.165, 1.54) is 0 Å². The lowest BCUT2D eigenvalue weighted by molar-refractivity contribution is 0.183. The van der Waals surface area contributed by atoms with Gasteiger partial charge < -0.3 is 0 Å². The quantitative estimate of drug-likeness (QED) is 0.619. The van der Waals surface area contributed by atoms with Crippen molar-refractivity contribution in [3.63, 3.8) is 0 Å². The summed E-state index contributed by atoms with van der Waals surface area (Å²) in [5.41, 5.74) is 2.33. The van der Waals surface area contributed by atoms with Gasteiger partial charge in [-0.1, -0.05) is 12.0 Å². The molecule has 0 fully saturated rings. The topological polar surface area (TPSA) is 50.5 Å². The fraction of sp³-hybridized carbons (Fsp3) is 0.381. The van der Waals surface area contributed by atoms with Crippen LogP contribution in [0.15, 0.2) is 40.1 Å². The third-order valence-corrected chi connectivity index (χ3v) is 4.61. The van der Waals surface area contributed by atoms with Gasteiger partial charge in [0.15, 0.2) is 0 Å². The normalized spacial score (nSPS) is 18.0. The molecule has 0 bridgehead atoms. The number of rotatable bonds is 2. The smallest absolute Gasteiger partial charge is 0.261 e. The molecule has 1 aliphatic rings. The Labute approximate surface area is 154 Å². The standard InChI is InChI=1S/C21H24N4O/c1-5-7-17(22-6-2)10-8-16-9-11-18-19(12-16)23-20-14-24(4)15(3)13-25(20)21(18)26/h5,7,9,11-12,15H,6,13-14H2,1-4H3/b7-5-,22-17?. The Hall–Kier alpha value is -2.71. The molecular formula is C21H24N4O. The van der Waals surface area contributed by atoms with Gasteiger partial charge in [0, 0.05) is 24.7 Å². The van der Waals surface area contributed by atoms with Crippen LogP contribution in [0.1, 0.15) is 32.2 Å². The van der Waals surface area contributed by atoms with E-state index in [-0.39, 0.29) is 5.56 Å². The summed E-state index contributed by atoms with van der Waals surface area (Å²) >= 11 is 0. The first-order chi connectivity index (χ1) is 12.5. The Morgan fingerprint density at radius 3 is 3.00 bits per heavy atom. The number of benzene rings is 1. The molecule has 1 unspecified atom stereocenters. The molecular weight excluding hydrogens is 324 g/mol. The van der Waals surface area contributed by atoms with Crippen LogP contribution in [-0.4, -0.2) is 39.8 Å². The zero-order chi connectivity index (χ0) is 18.7. The number of hydrogen-bond donors (Lipinski definition) is 0. The molecule has 5 heteroatoms. The largest absolute Gasteiger partial charge is 0.295 e. The van der Waals surface area contributed by atoms with E-state index in [0.717, 1.165) is 17.1 Å². The highest BCUT2D eigenvalue weighted by molar-refractivity contribution is 6.09. The maximum atomic E-state index is 12.8. The minimum atomic E-state index is 0.0339. The van der Waals surface area contributed by atoms with E-state index in [2.05, 4.69) is 35.7 Å². The summed E-state index contributed by atoms with van der Waals surface area (Å²) in [5, 5.41) is 0.645. The Morgan fingerprint density at radius 1 is 1.46 bits per heavy atom. The van der Waals surface area contributed by atoms with E-state index in [0.29, 0.717) is 36.6 Å². The lowest BCUT2D eigenvalue weighted by Crippen LogP contribution is -2.43. The predicted molar refractivity (Wildman–Crippen MR) is 107 cm³/mol. The zero-order valence-corrected chi connectivity index (χ0v) is 15.8. The number of aromatic nitrogens is 2. The third kappa shape index (κ3) is 3.61. The second kappa shape index (κ2) is 7.67. The molecule has 0 aliphatic carbocycles. The van der Waals surface area contributed by atoms with Crippen LogP contribution in [-0.2, 0) is 13.1 Å². The molecule has 1 aliphatic heterocycles. The molecule has 0 saturated heterocycles. The number of nitrogens with zero attached hydrogens (tertiary/aromatic N) is 4. The average Bonchev–Trinajstić information content (AvgIpc) is 2.62. The maximum Gasteiger partial charge on any atom is 0.261 e. The van der Waals surface area contributed by atoms with Crippen molar-refractivity contribution in [1.82, 2.24) is 14.5 Å². The van der Waals surface area contributed by atoms with Gasteiger partial charge in [0.2, 0.25) is 0 Å². The monoisotopic (exact) mass is 348 g/mol. The van der Waals surface area contributed by atoms with Gasteiger partial charge in [0.05, 0.1) is 17.4 Å². The fourth-order valence-corrected chi connectivity index (χ4v) is 3.03. The summed E-state index contributed by atoms with van der Waals surface area (Å²) < 4.78 is 1.80. The van der Waals surface area contributed by atoms with Crippen molar-refractivity contribution in [3.8, 4) is 11.8 Å². The van der Waals surface area contributed by atoms with Crippen LogP contribution in [0.2, 0.25) is 0 Å². The van der Waals surface area contributed by atoms with Gasteiger partial charge in [-0.2, -0.15) is 0 Å². The number of allylic oxidation sites excluding steroid dienone is 2. The van der Waals surface area contributed by atoms with Crippen LogP contribution >= 0.6 is 0 Å². The second-order valence-electron chi connectivity index (χ2n) is 6.55. The molecule has 1 aromatic heterocycles. The van der Waals surface area contributed by atoms with Crippen molar-refractivity contribution in [2.24, 2.45) is 4.99 Å². The highest BCUT2D eigenvalue weighted by Crippen LogP contribution is 2.16. The van der Waals surface area contributed by atoms with Crippen LogP contribution < -0.4 is 5.56 Å². The fourth-order valence-electron chi connectivity index (χ4n) is 3.03. The van der Waals surface area contributed by atoms with Crippen LogP contribution in [0.3, 0.4) is 0 Å². The lowest BCUT2D eigenvalue weighted by Gasteiger charge is -2.31. The Kier molecular flexibility index (Phi) is 5.34. The molecule has 0 radical (unpaired) electrons. The summed E-state index contributed by atoms with van der Waals surface area (Å²) in [6.45, 7) is 8.11. The number of hydrogen-bond acceptors (Lipinski definition) is 4. The molecule has 5 nitrogen and oxygen atoms in total. The van der Waals surface area contributed by atoms with Crippen LogP contribution in [0.5, 0.6) is 0 Å². The van der Waals surface area contributed by atoms with Crippen molar-refractivity contribution in [1.29, 1.82) is 0 Å². The molecule has 0 saturated carbocycles. The van der Waals surface area contributed by atoms with E-state index in [4.69, 9.17) is 4.98 Å². The van der Waals surface area contributed by atoms with Gasteiger partial charge in [-0.15, -0.1) is 0 Å². The summed E-state index contributed by atoms with van der Waals surface area (Å²) in [7, 11) is 2.06. The van der Waals surface area contributed by atoms with Crippen LogP contribution in [0.25, 0.3) is 10.9 Å². The van der Waals surface area contributed by atoms with Crippen molar-refractivity contribution in [3.05, 3.63) is 52.1 Å². The Bertz CT molecular complexity index is 1000.